The van der Waals surface area contributed by atoms with Crippen LogP contribution in [-0.2, 0) is 11.2 Å². The van der Waals surface area contributed by atoms with Gasteiger partial charge in [0.05, 0.1) is 0 Å². The molecule has 2 aromatic rings. The van der Waals surface area contributed by atoms with Crippen LogP contribution >= 0.6 is 0 Å². The topological polar surface area (TPSA) is 43.8 Å². The van der Waals surface area contributed by atoms with Gasteiger partial charge < -0.3 is 10.0 Å². The Labute approximate surface area is 232 Å². The Bertz CT molecular complexity index is 1090. The molecule has 1 aliphatic carbocycles. The number of halogens is 2. The number of aryl methyl sites for hydroxylation is 1. The second kappa shape index (κ2) is 12.9. The lowest BCUT2D eigenvalue weighted by atomic mass is 9.80. The fourth-order valence-electron chi connectivity index (χ4n) is 7.25. The summed E-state index contributed by atoms with van der Waals surface area (Å²) in [5.74, 6) is 0.611. The molecule has 3 atom stereocenters. The average molecular weight is 539 g/mol. The summed E-state index contributed by atoms with van der Waals surface area (Å²) in [6.07, 6.45) is 9.48. The molecule has 212 valence electrons. The van der Waals surface area contributed by atoms with Crippen LogP contribution in [0.25, 0.3) is 0 Å². The van der Waals surface area contributed by atoms with Gasteiger partial charge in [-0.3, -0.25) is 9.69 Å². The molecule has 3 fully saturated rings. The van der Waals surface area contributed by atoms with Crippen LogP contribution in [0.3, 0.4) is 0 Å². The maximum atomic E-state index is 14.2. The van der Waals surface area contributed by atoms with Gasteiger partial charge in [-0.2, -0.15) is 0 Å². The minimum Gasteiger partial charge on any atom is -0.480 e. The molecule has 0 bridgehead atoms. The van der Waals surface area contributed by atoms with E-state index in [1.807, 2.05) is 19.1 Å². The SMILES string of the molecule is Cc1cccc(F)c1CCCC1CCN(CC2CN(C(CC3CCC3)C(=O)O)CC2c2cccc(F)c2)CC1. The van der Waals surface area contributed by atoms with Crippen molar-refractivity contribution in [1.29, 1.82) is 0 Å². The summed E-state index contributed by atoms with van der Waals surface area (Å²) < 4.78 is 28.4. The summed E-state index contributed by atoms with van der Waals surface area (Å²) in [4.78, 5) is 17.0. The summed E-state index contributed by atoms with van der Waals surface area (Å²) in [6.45, 7) is 6.44. The van der Waals surface area contributed by atoms with Crippen molar-refractivity contribution in [1.82, 2.24) is 9.80 Å². The standard InChI is InChI=1S/C33H44F2N2O2/c1-23-6-2-13-31(35)29(23)12-4-7-24-14-16-36(17-15-24)20-27-21-37(32(33(38)39)18-25-8-3-9-25)22-30(27)26-10-5-11-28(34)19-26/h2,5-6,10-11,13,19,24-25,27,30,32H,3-4,7-9,12,14-18,20-22H2,1H3,(H,38,39). The van der Waals surface area contributed by atoms with Gasteiger partial charge in [0.2, 0.25) is 0 Å². The van der Waals surface area contributed by atoms with Crippen molar-refractivity contribution in [2.45, 2.75) is 76.7 Å². The van der Waals surface area contributed by atoms with Gasteiger partial charge in [-0.05, 0) is 105 Å². The molecular weight excluding hydrogens is 494 g/mol. The maximum Gasteiger partial charge on any atom is 0.320 e. The number of piperidine rings is 1. The zero-order valence-electron chi connectivity index (χ0n) is 23.3. The molecule has 2 saturated heterocycles. The van der Waals surface area contributed by atoms with Crippen molar-refractivity contribution in [2.24, 2.45) is 17.8 Å². The lowest BCUT2D eigenvalue weighted by Crippen LogP contribution is -2.43. The van der Waals surface area contributed by atoms with E-state index in [4.69, 9.17) is 0 Å². The number of benzene rings is 2. The number of carboxylic acids is 1. The Morgan fingerprint density at radius 1 is 1.03 bits per heavy atom. The van der Waals surface area contributed by atoms with Gasteiger partial charge in [0.15, 0.2) is 0 Å². The van der Waals surface area contributed by atoms with Crippen LogP contribution in [0.15, 0.2) is 42.5 Å². The van der Waals surface area contributed by atoms with Crippen LogP contribution in [0, 0.1) is 36.3 Å². The van der Waals surface area contributed by atoms with E-state index in [2.05, 4.69) is 9.80 Å². The first-order chi connectivity index (χ1) is 18.9. The number of likely N-dealkylation sites (tertiary alicyclic amines) is 2. The van der Waals surface area contributed by atoms with E-state index < -0.39 is 12.0 Å². The van der Waals surface area contributed by atoms with Crippen molar-refractivity contribution in [2.75, 3.05) is 32.7 Å². The highest BCUT2D eigenvalue weighted by atomic mass is 19.1. The first kappa shape index (κ1) is 28.2. The second-order valence-corrected chi connectivity index (χ2v) is 12.4. The smallest absolute Gasteiger partial charge is 0.320 e. The molecule has 2 aliphatic heterocycles. The Kier molecular flexibility index (Phi) is 9.34. The quantitative estimate of drug-likeness (QED) is 0.347. The maximum absolute atomic E-state index is 14.2. The fourth-order valence-corrected chi connectivity index (χ4v) is 7.25. The summed E-state index contributed by atoms with van der Waals surface area (Å²) >= 11 is 0. The number of hydrogen-bond donors (Lipinski definition) is 1. The van der Waals surface area contributed by atoms with Crippen molar-refractivity contribution < 1.29 is 18.7 Å². The highest BCUT2D eigenvalue weighted by molar-refractivity contribution is 5.73. The Balaban J connectivity index is 1.17. The molecule has 0 amide bonds. The van der Waals surface area contributed by atoms with E-state index in [-0.39, 0.29) is 23.5 Å². The number of aliphatic carboxylic acids is 1. The monoisotopic (exact) mass is 538 g/mol. The first-order valence-corrected chi connectivity index (χ1v) is 15.1. The molecule has 5 rings (SSSR count). The minimum absolute atomic E-state index is 0.0823. The summed E-state index contributed by atoms with van der Waals surface area (Å²) in [6, 6.07) is 11.8. The molecule has 2 heterocycles. The minimum atomic E-state index is -0.716. The van der Waals surface area contributed by atoms with Crippen LogP contribution in [0.4, 0.5) is 8.78 Å². The molecule has 1 N–H and O–H groups in total. The molecular formula is C33H44F2N2O2. The number of nitrogens with zero attached hydrogens (tertiary/aromatic N) is 2. The lowest BCUT2D eigenvalue weighted by Gasteiger charge is -2.35. The number of carboxylic acid groups (broad SMARTS) is 1. The zero-order chi connectivity index (χ0) is 27.4. The van der Waals surface area contributed by atoms with Crippen LogP contribution < -0.4 is 0 Å². The molecule has 6 heteroatoms. The van der Waals surface area contributed by atoms with E-state index in [9.17, 15) is 18.7 Å². The number of carbonyl (C=O) groups is 1. The molecule has 0 radical (unpaired) electrons. The average Bonchev–Trinajstić information content (AvgIpc) is 3.29. The molecule has 3 unspecified atom stereocenters. The third-order valence-corrected chi connectivity index (χ3v) is 9.85. The number of rotatable bonds is 11. The Morgan fingerprint density at radius 3 is 2.46 bits per heavy atom. The van der Waals surface area contributed by atoms with Crippen molar-refractivity contribution in [3.8, 4) is 0 Å². The predicted octanol–water partition coefficient (Wildman–Crippen LogP) is 6.67. The van der Waals surface area contributed by atoms with E-state index >= 15 is 0 Å². The van der Waals surface area contributed by atoms with Gasteiger partial charge in [0, 0.05) is 25.6 Å². The van der Waals surface area contributed by atoms with Gasteiger partial charge in [0.25, 0.3) is 0 Å². The van der Waals surface area contributed by atoms with E-state index in [0.29, 0.717) is 18.4 Å². The Morgan fingerprint density at radius 2 is 1.79 bits per heavy atom. The first-order valence-electron chi connectivity index (χ1n) is 15.1. The molecule has 2 aromatic carbocycles. The zero-order valence-corrected chi connectivity index (χ0v) is 23.3. The second-order valence-electron chi connectivity index (χ2n) is 12.4. The molecule has 39 heavy (non-hydrogen) atoms. The normalized spacial score (nSPS) is 24.1. The summed E-state index contributed by atoms with van der Waals surface area (Å²) in [5.41, 5.74) is 2.90. The van der Waals surface area contributed by atoms with Crippen LogP contribution in [0.5, 0.6) is 0 Å². The predicted molar refractivity (Wildman–Crippen MR) is 151 cm³/mol. The van der Waals surface area contributed by atoms with Crippen LogP contribution in [0.1, 0.15) is 74.0 Å². The molecule has 0 aromatic heterocycles. The summed E-state index contributed by atoms with van der Waals surface area (Å²) in [7, 11) is 0. The van der Waals surface area contributed by atoms with Crippen LogP contribution in [0.2, 0.25) is 0 Å². The highest BCUT2D eigenvalue weighted by Gasteiger charge is 2.41. The van der Waals surface area contributed by atoms with E-state index in [1.54, 1.807) is 24.3 Å². The van der Waals surface area contributed by atoms with Crippen LogP contribution in [-0.4, -0.2) is 59.6 Å². The van der Waals surface area contributed by atoms with Gasteiger partial charge in [-0.1, -0.05) is 49.9 Å². The Hall–Kier alpha value is -2.31. The van der Waals surface area contributed by atoms with Gasteiger partial charge in [0.1, 0.15) is 17.7 Å². The van der Waals surface area contributed by atoms with E-state index in [0.717, 1.165) is 94.2 Å². The summed E-state index contributed by atoms with van der Waals surface area (Å²) in [5, 5.41) is 10.1. The van der Waals surface area contributed by atoms with Gasteiger partial charge >= 0.3 is 5.97 Å². The third-order valence-electron chi connectivity index (χ3n) is 9.85. The molecule has 0 spiro atoms. The van der Waals surface area contributed by atoms with Crippen molar-refractivity contribution in [3.05, 3.63) is 70.8 Å². The molecule has 4 nitrogen and oxygen atoms in total. The lowest BCUT2D eigenvalue weighted by molar-refractivity contribution is -0.144. The largest absolute Gasteiger partial charge is 0.480 e. The van der Waals surface area contributed by atoms with Crippen molar-refractivity contribution >= 4 is 5.97 Å². The van der Waals surface area contributed by atoms with Crippen molar-refractivity contribution in [3.63, 3.8) is 0 Å². The molecule has 1 saturated carbocycles. The fraction of sp³-hybridized carbons (Fsp3) is 0.606. The van der Waals surface area contributed by atoms with Gasteiger partial charge in [-0.15, -0.1) is 0 Å². The highest BCUT2D eigenvalue weighted by Crippen LogP contribution is 2.38. The van der Waals surface area contributed by atoms with Gasteiger partial charge in [-0.25, -0.2) is 8.78 Å². The number of hydrogen-bond acceptors (Lipinski definition) is 3. The molecule has 3 aliphatic rings. The third kappa shape index (κ3) is 7.07. The van der Waals surface area contributed by atoms with E-state index in [1.165, 1.54) is 12.5 Å².